The van der Waals surface area contributed by atoms with E-state index in [1.807, 2.05) is 0 Å². The summed E-state index contributed by atoms with van der Waals surface area (Å²) in [5.41, 5.74) is 0. The monoisotopic (exact) mass is 266 g/mol. The van der Waals surface area contributed by atoms with Crippen LogP contribution < -0.4 is 5.32 Å². The zero-order valence-corrected chi connectivity index (χ0v) is 13.3. The molecule has 1 atom stereocenters. The van der Waals surface area contributed by atoms with E-state index >= 15 is 0 Å². The van der Waals surface area contributed by atoms with E-state index in [0.717, 1.165) is 23.9 Å². The van der Waals surface area contributed by atoms with Crippen molar-refractivity contribution in [1.82, 2.24) is 10.2 Å². The Kier molecular flexibility index (Phi) is 6.15. The minimum absolute atomic E-state index is 0.756. The van der Waals surface area contributed by atoms with Crippen molar-refractivity contribution >= 4 is 0 Å². The van der Waals surface area contributed by atoms with Crippen LogP contribution in [0.1, 0.15) is 65.7 Å². The van der Waals surface area contributed by atoms with Crippen LogP contribution in [-0.2, 0) is 0 Å². The van der Waals surface area contributed by atoms with E-state index < -0.39 is 0 Å². The van der Waals surface area contributed by atoms with Crippen LogP contribution in [0.2, 0.25) is 0 Å². The Morgan fingerprint density at radius 1 is 1.05 bits per heavy atom. The van der Waals surface area contributed by atoms with E-state index in [9.17, 15) is 0 Å². The number of nitrogens with one attached hydrogen (secondary N) is 1. The molecule has 1 aliphatic carbocycles. The Morgan fingerprint density at radius 2 is 1.68 bits per heavy atom. The third-order valence-electron chi connectivity index (χ3n) is 5.42. The third kappa shape index (κ3) is 4.46. The van der Waals surface area contributed by atoms with Crippen LogP contribution in [0.4, 0.5) is 0 Å². The van der Waals surface area contributed by atoms with Crippen LogP contribution in [0.15, 0.2) is 0 Å². The fraction of sp³-hybridized carbons (Fsp3) is 1.00. The van der Waals surface area contributed by atoms with Gasteiger partial charge in [0.2, 0.25) is 0 Å². The highest BCUT2D eigenvalue weighted by Gasteiger charge is 2.26. The maximum atomic E-state index is 3.88. The average Bonchev–Trinajstić information content (AvgIpc) is 2.93. The molecule has 0 amide bonds. The summed E-state index contributed by atoms with van der Waals surface area (Å²) < 4.78 is 0. The van der Waals surface area contributed by atoms with Crippen LogP contribution in [0, 0.1) is 11.8 Å². The maximum Gasteiger partial charge on any atom is 0.0243 e. The highest BCUT2D eigenvalue weighted by Crippen LogP contribution is 2.26. The molecule has 0 radical (unpaired) electrons. The number of hydrogen-bond donors (Lipinski definition) is 1. The van der Waals surface area contributed by atoms with Gasteiger partial charge in [-0.15, -0.1) is 0 Å². The second-order valence-corrected chi connectivity index (χ2v) is 7.09. The molecule has 1 saturated heterocycles. The quantitative estimate of drug-likeness (QED) is 0.789. The summed E-state index contributed by atoms with van der Waals surface area (Å²) in [6.07, 6.45) is 9.91. The van der Waals surface area contributed by atoms with E-state index in [2.05, 4.69) is 31.0 Å². The van der Waals surface area contributed by atoms with Gasteiger partial charge >= 0.3 is 0 Å². The van der Waals surface area contributed by atoms with Crippen molar-refractivity contribution in [3.8, 4) is 0 Å². The lowest BCUT2D eigenvalue weighted by molar-refractivity contribution is 0.174. The lowest BCUT2D eigenvalue weighted by atomic mass is 9.84. The lowest BCUT2D eigenvalue weighted by Gasteiger charge is -2.34. The van der Waals surface area contributed by atoms with Crippen LogP contribution in [0.3, 0.4) is 0 Å². The van der Waals surface area contributed by atoms with Crippen molar-refractivity contribution < 1.29 is 0 Å². The van der Waals surface area contributed by atoms with Gasteiger partial charge in [-0.25, -0.2) is 0 Å². The molecule has 0 spiro atoms. The van der Waals surface area contributed by atoms with Crippen molar-refractivity contribution in [2.45, 2.75) is 77.8 Å². The molecule has 2 aliphatic rings. The predicted molar refractivity (Wildman–Crippen MR) is 83.5 cm³/mol. The van der Waals surface area contributed by atoms with Crippen molar-refractivity contribution in [1.29, 1.82) is 0 Å². The van der Waals surface area contributed by atoms with Gasteiger partial charge < -0.3 is 5.32 Å². The van der Waals surface area contributed by atoms with Crippen molar-refractivity contribution in [3.05, 3.63) is 0 Å². The van der Waals surface area contributed by atoms with Gasteiger partial charge in [-0.3, -0.25) is 4.90 Å². The largest absolute Gasteiger partial charge is 0.312 e. The molecule has 2 rings (SSSR count). The summed E-state index contributed by atoms with van der Waals surface area (Å²) in [5, 5.41) is 3.88. The normalized spacial score (nSPS) is 30.9. The minimum atomic E-state index is 0.756. The molecular formula is C17H34N2. The van der Waals surface area contributed by atoms with Gasteiger partial charge in [-0.05, 0) is 63.5 Å². The average molecular weight is 266 g/mol. The van der Waals surface area contributed by atoms with Gasteiger partial charge in [0.05, 0.1) is 0 Å². The van der Waals surface area contributed by atoms with E-state index in [0.29, 0.717) is 0 Å². The van der Waals surface area contributed by atoms with Crippen molar-refractivity contribution in [3.63, 3.8) is 0 Å². The van der Waals surface area contributed by atoms with Gasteiger partial charge in [0.1, 0.15) is 0 Å². The summed E-state index contributed by atoms with van der Waals surface area (Å²) in [4.78, 5) is 2.72. The molecule has 1 unspecified atom stereocenters. The summed E-state index contributed by atoms with van der Waals surface area (Å²) in [6, 6.07) is 1.55. The number of likely N-dealkylation sites (tertiary alicyclic amines) is 1. The summed E-state index contributed by atoms with van der Waals surface area (Å²) >= 11 is 0. The number of rotatable bonds is 6. The standard InChI is InChI=1S/C17H34N2/c1-4-15-7-9-16(10-8-15)18-13-17(14(2)3)19-11-5-6-12-19/h14-18H,4-13H2,1-3H3. The van der Waals surface area contributed by atoms with E-state index in [-0.39, 0.29) is 0 Å². The molecule has 1 aliphatic heterocycles. The number of nitrogens with zero attached hydrogens (tertiary/aromatic N) is 1. The highest BCUT2D eigenvalue weighted by atomic mass is 15.2. The molecule has 0 aromatic carbocycles. The first-order valence-corrected chi connectivity index (χ1v) is 8.68. The smallest absolute Gasteiger partial charge is 0.0243 e. The Labute approximate surface area is 120 Å². The molecule has 0 aromatic rings. The molecule has 2 fully saturated rings. The molecule has 1 heterocycles. The number of hydrogen-bond acceptors (Lipinski definition) is 2. The molecular weight excluding hydrogens is 232 g/mol. The molecule has 0 bridgehead atoms. The molecule has 19 heavy (non-hydrogen) atoms. The van der Waals surface area contributed by atoms with Crippen LogP contribution in [0.5, 0.6) is 0 Å². The summed E-state index contributed by atoms with van der Waals surface area (Å²) in [7, 11) is 0. The zero-order valence-electron chi connectivity index (χ0n) is 13.3. The van der Waals surface area contributed by atoms with Gasteiger partial charge in [0.15, 0.2) is 0 Å². The van der Waals surface area contributed by atoms with Crippen LogP contribution in [-0.4, -0.2) is 36.6 Å². The first-order valence-electron chi connectivity index (χ1n) is 8.68. The Hall–Kier alpha value is -0.0800. The molecule has 112 valence electrons. The second kappa shape index (κ2) is 7.64. The van der Waals surface area contributed by atoms with Crippen LogP contribution >= 0.6 is 0 Å². The zero-order chi connectivity index (χ0) is 13.7. The second-order valence-electron chi connectivity index (χ2n) is 7.09. The lowest BCUT2D eigenvalue weighted by Crippen LogP contribution is -2.47. The molecule has 1 saturated carbocycles. The molecule has 0 aromatic heterocycles. The minimum Gasteiger partial charge on any atom is -0.312 e. The van der Waals surface area contributed by atoms with Gasteiger partial charge in [0.25, 0.3) is 0 Å². The predicted octanol–water partition coefficient (Wildman–Crippen LogP) is 3.67. The fourth-order valence-electron chi connectivity index (χ4n) is 3.92. The third-order valence-corrected chi connectivity index (χ3v) is 5.42. The fourth-order valence-corrected chi connectivity index (χ4v) is 3.92. The Balaban J connectivity index is 1.73. The maximum absolute atomic E-state index is 3.88. The molecule has 1 N–H and O–H groups in total. The summed E-state index contributed by atoms with van der Waals surface area (Å²) in [6.45, 7) is 11.0. The van der Waals surface area contributed by atoms with Crippen LogP contribution in [0.25, 0.3) is 0 Å². The Morgan fingerprint density at radius 3 is 2.21 bits per heavy atom. The molecule has 2 nitrogen and oxygen atoms in total. The highest BCUT2D eigenvalue weighted by molar-refractivity contribution is 4.84. The van der Waals surface area contributed by atoms with Gasteiger partial charge in [0, 0.05) is 18.6 Å². The van der Waals surface area contributed by atoms with Gasteiger partial charge in [-0.2, -0.15) is 0 Å². The van der Waals surface area contributed by atoms with Crippen molar-refractivity contribution in [2.75, 3.05) is 19.6 Å². The Bertz CT molecular complexity index is 238. The van der Waals surface area contributed by atoms with E-state index in [1.165, 1.54) is 64.6 Å². The SMILES string of the molecule is CCC1CCC(NCC(C(C)C)N2CCCC2)CC1. The van der Waals surface area contributed by atoms with E-state index in [4.69, 9.17) is 0 Å². The first-order chi connectivity index (χ1) is 9.20. The topological polar surface area (TPSA) is 15.3 Å². The van der Waals surface area contributed by atoms with Crippen molar-refractivity contribution in [2.24, 2.45) is 11.8 Å². The van der Waals surface area contributed by atoms with Gasteiger partial charge in [-0.1, -0.05) is 27.2 Å². The molecule has 2 heteroatoms. The summed E-state index contributed by atoms with van der Waals surface area (Å²) in [5.74, 6) is 1.79. The van der Waals surface area contributed by atoms with E-state index in [1.54, 1.807) is 0 Å². The first kappa shape index (κ1) is 15.3.